The lowest BCUT2D eigenvalue weighted by Crippen LogP contribution is -2.51. The molecule has 0 aromatic heterocycles. The monoisotopic (exact) mass is 335 g/mol. The molecule has 0 spiro atoms. The van der Waals surface area contributed by atoms with Gasteiger partial charge in [-0.3, -0.25) is 4.79 Å². The Balaban J connectivity index is 1.96. The largest absolute Gasteiger partial charge is 0.497 e. The summed E-state index contributed by atoms with van der Waals surface area (Å²) in [5.74, 6) is -0.656. The van der Waals surface area contributed by atoms with Gasteiger partial charge in [0.1, 0.15) is 17.8 Å². The van der Waals surface area contributed by atoms with E-state index in [2.05, 4.69) is 16.2 Å². The highest BCUT2D eigenvalue weighted by atomic mass is 16.5. The SMILES string of the molecule is CC[C@H](C)[C@H](NC(=O)C1CC(c2ccc(OC)cc2)NN1)C(=O)O. The molecule has 7 nitrogen and oxygen atoms in total. The molecular weight excluding hydrogens is 310 g/mol. The molecule has 1 amide bonds. The average molecular weight is 335 g/mol. The van der Waals surface area contributed by atoms with Gasteiger partial charge in [-0.05, 0) is 30.0 Å². The number of carboxylic acid groups (broad SMARTS) is 1. The quantitative estimate of drug-likeness (QED) is 0.598. The summed E-state index contributed by atoms with van der Waals surface area (Å²) < 4.78 is 5.13. The highest BCUT2D eigenvalue weighted by Crippen LogP contribution is 2.24. The molecule has 0 saturated carbocycles. The summed E-state index contributed by atoms with van der Waals surface area (Å²) in [4.78, 5) is 23.7. The van der Waals surface area contributed by atoms with E-state index in [-0.39, 0.29) is 17.9 Å². The summed E-state index contributed by atoms with van der Waals surface area (Å²) in [6.07, 6.45) is 1.23. The van der Waals surface area contributed by atoms with Crippen LogP contribution in [0.2, 0.25) is 0 Å². The molecule has 0 radical (unpaired) electrons. The van der Waals surface area contributed by atoms with Crippen LogP contribution in [0.15, 0.2) is 24.3 Å². The minimum absolute atomic E-state index is 0.0152. The zero-order chi connectivity index (χ0) is 17.7. The van der Waals surface area contributed by atoms with E-state index in [1.54, 1.807) is 7.11 Å². The first-order chi connectivity index (χ1) is 11.5. The van der Waals surface area contributed by atoms with Gasteiger partial charge in [-0.25, -0.2) is 15.6 Å². The maximum Gasteiger partial charge on any atom is 0.326 e. The van der Waals surface area contributed by atoms with Crippen LogP contribution in [0.25, 0.3) is 0 Å². The number of hydrogen-bond donors (Lipinski definition) is 4. The average Bonchev–Trinajstić information content (AvgIpc) is 3.08. The maximum atomic E-state index is 12.4. The van der Waals surface area contributed by atoms with E-state index >= 15 is 0 Å². The topological polar surface area (TPSA) is 99.7 Å². The Bertz CT molecular complexity index is 576. The molecule has 1 aliphatic heterocycles. The first-order valence-electron chi connectivity index (χ1n) is 8.14. The molecule has 24 heavy (non-hydrogen) atoms. The van der Waals surface area contributed by atoms with Crippen molar-refractivity contribution in [1.82, 2.24) is 16.2 Å². The molecule has 1 fully saturated rings. The van der Waals surface area contributed by atoms with Crippen LogP contribution in [-0.2, 0) is 9.59 Å². The number of hydrogen-bond acceptors (Lipinski definition) is 5. The number of hydrazine groups is 1. The van der Waals surface area contributed by atoms with Crippen LogP contribution in [0.4, 0.5) is 0 Å². The van der Waals surface area contributed by atoms with Crippen molar-refractivity contribution in [2.45, 2.75) is 44.8 Å². The molecule has 2 rings (SSSR count). The van der Waals surface area contributed by atoms with E-state index in [1.807, 2.05) is 38.1 Å². The summed E-state index contributed by atoms with van der Waals surface area (Å²) in [7, 11) is 1.61. The van der Waals surface area contributed by atoms with E-state index in [0.29, 0.717) is 12.8 Å². The van der Waals surface area contributed by atoms with Gasteiger partial charge in [0.25, 0.3) is 0 Å². The zero-order valence-electron chi connectivity index (χ0n) is 14.2. The van der Waals surface area contributed by atoms with E-state index in [9.17, 15) is 14.7 Å². The highest BCUT2D eigenvalue weighted by molar-refractivity contribution is 5.87. The predicted molar refractivity (Wildman–Crippen MR) is 89.4 cm³/mol. The van der Waals surface area contributed by atoms with Gasteiger partial charge < -0.3 is 15.2 Å². The van der Waals surface area contributed by atoms with Gasteiger partial charge >= 0.3 is 5.97 Å². The molecule has 1 aromatic carbocycles. The third-order valence-electron chi connectivity index (χ3n) is 4.51. The van der Waals surface area contributed by atoms with Crippen LogP contribution in [0.1, 0.15) is 38.3 Å². The molecule has 0 bridgehead atoms. The van der Waals surface area contributed by atoms with Crippen molar-refractivity contribution in [2.75, 3.05) is 7.11 Å². The Morgan fingerprint density at radius 2 is 2.00 bits per heavy atom. The Morgan fingerprint density at radius 1 is 1.33 bits per heavy atom. The fourth-order valence-electron chi connectivity index (χ4n) is 2.72. The third-order valence-corrected chi connectivity index (χ3v) is 4.51. The first-order valence-corrected chi connectivity index (χ1v) is 8.14. The fourth-order valence-corrected chi connectivity index (χ4v) is 2.72. The van der Waals surface area contributed by atoms with Gasteiger partial charge in [0.2, 0.25) is 5.91 Å². The van der Waals surface area contributed by atoms with Gasteiger partial charge in [-0.1, -0.05) is 32.4 Å². The Kier molecular flexibility index (Phi) is 6.16. The Labute approximate surface area is 141 Å². The van der Waals surface area contributed by atoms with Gasteiger partial charge in [-0.15, -0.1) is 0 Å². The Hall–Kier alpha value is -2.12. The van der Waals surface area contributed by atoms with Gasteiger partial charge in [0.15, 0.2) is 0 Å². The molecular formula is C17H25N3O4. The number of methoxy groups -OCH3 is 1. The minimum atomic E-state index is -1.00. The van der Waals surface area contributed by atoms with Crippen LogP contribution < -0.4 is 20.9 Å². The molecule has 1 aliphatic rings. The van der Waals surface area contributed by atoms with Crippen molar-refractivity contribution < 1.29 is 19.4 Å². The number of rotatable bonds is 7. The third kappa shape index (κ3) is 4.24. The standard InChI is InChI=1S/C17H25N3O4/c1-4-10(2)15(17(22)23)18-16(21)14-9-13(19-20-14)11-5-7-12(24-3)8-6-11/h5-8,10,13-15,19-20H,4,9H2,1-3H3,(H,18,21)(H,22,23)/t10-,13?,14?,15-/m0/s1. The summed E-state index contributed by atoms with van der Waals surface area (Å²) >= 11 is 0. The number of ether oxygens (including phenoxy) is 1. The van der Waals surface area contributed by atoms with Crippen LogP contribution in [0, 0.1) is 5.92 Å². The Morgan fingerprint density at radius 3 is 2.54 bits per heavy atom. The normalized spacial score (nSPS) is 22.6. The van der Waals surface area contributed by atoms with E-state index in [4.69, 9.17) is 4.74 Å². The molecule has 2 unspecified atom stereocenters. The second-order valence-electron chi connectivity index (χ2n) is 6.11. The van der Waals surface area contributed by atoms with Crippen molar-refractivity contribution in [2.24, 2.45) is 5.92 Å². The van der Waals surface area contributed by atoms with Crippen molar-refractivity contribution in [3.63, 3.8) is 0 Å². The number of amides is 1. The first kappa shape index (κ1) is 18.2. The lowest BCUT2D eigenvalue weighted by molar-refractivity contribution is -0.143. The second-order valence-corrected chi connectivity index (χ2v) is 6.11. The second kappa shape index (κ2) is 8.12. The van der Waals surface area contributed by atoms with Crippen LogP contribution in [0.5, 0.6) is 5.75 Å². The van der Waals surface area contributed by atoms with Gasteiger partial charge in [0.05, 0.1) is 7.11 Å². The number of aliphatic carboxylic acids is 1. The lowest BCUT2D eigenvalue weighted by Gasteiger charge is -2.21. The number of carbonyl (C=O) groups is 2. The van der Waals surface area contributed by atoms with Crippen molar-refractivity contribution in [3.05, 3.63) is 29.8 Å². The lowest BCUT2D eigenvalue weighted by atomic mass is 9.98. The molecule has 4 N–H and O–H groups in total. The van der Waals surface area contributed by atoms with E-state index in [1.165, 1.54) is 0 Å². The highest BCUT2D eigenvalue weighted by Gasteiger charge is 2.33. The van der Waals surface area contributed by atoms with Crippen LogP contribution in [0.3, 0.4) is 0 Å². The van der Waals surface area contributed by atoms with E-state index < -0.39 is 18.1 Å². The summed E-state index contributed by atoms with van der Waals surface area (Å²) in [5.41, 5.74) is 7.07. The molecule has 132 valence electrons. The number of carbonyl (C=O) groups excluding carboxylic acids is 1. The van der Waals surface area contributed by atoms with Crippen molar-refractivity contribution >= 4 is 11.9 Å². The zero-order valence-corrected chi connectivity index (χ0v) is 14.2. The molecule has 1 heterocycles. The van der Waals surface area contributed by atoms with Gasteiger partial charge in [0, 0.05) is 6.04 Å². The number of nitrogens with one attached hydrogen (secondary N) is 3. The molecule has 0 aliphatic carbocycles. The minimum Gasteiger partial charge on any atom is -0.497 e. The van der Waals surface area contributed by atoms with Crippen molar-refractivity contribution in [3.8, 4) is 5.75 Å². The molecule has 1 saturated heterocycles. The predicted octanol–water partition coefficient (Wildman–Crippen LogP) is 1.22. The smallest absolute Gasteiger partial charge is 0.326 e. The van der Waals surface area contributed by atoms with Gasteiger partial charge in [-0.2, -0.15) is 0 Å². The van der Waals surface area contributed by atoms with Crippen LogP contribution >= 0.6 is 0 Å². The van der Waals surface area contributed by atoms with Crippen molar-refractivity contribution in [1.29, 1.82) is 0 Å². The van der Waals surface area contributed by atoms with Crippen LogP contribution in [-0.4, -0.2) is 36.2 Å². The summed E-state index contributed by atoms with van der Waals surface area (Å²) in [5, 5.41) is 11.9. The number of benzene rings is 1. The molecule has 7 heteroatoms. The molecule has 4 atom stereocenters. The fraction of sp³-hybridized carbons (Fsp3) is 0.529. The summed E-state index contributed by atoms with van der Waals surface area (Å²) in [6, 6.07) is 6.27. The molecule has 1 aromatic rings. The summed E-state index contributed by atoms with van der Waals surface area (Å²) in [6.45, 7) is 3.72. The van der Waals surface area contributed by atoms with E-state index in [0.717, 1.165) is 11.3 Å². The maximum absolute atomic E-state index is 12.4. The number of carboxylic acids is 1.